The maximum atomic E-state index is 12.1. The summed E-state index contributed by atoms with van der Waals surface area (Å²) in [5.74, 6) is 0.680. The van der Waals surface area contributed by atoms with Crippen molar-refractivity contribution in [3.63, 3.8) is 0 Å². The fourth-order valence-corrected chi connectivity index (χ4v) is 2.56. The van der Waals surface area contributed by atoms with Gasteiger partial charge in [-0.05, 0) is 60.0 Å². The Morgan fingerprint density at radius 3 is 2.72 bits per heavy atom. The van der Waals surface area contributed by atoms with E-state index in [4.69, 9.17) is 0 Å². The molecule has 1 aromatic heterocycles. The van der Waals surface area contributed by atoms with Crippen LogP contribution < -0.4 is 10.6 Å². The lowest BCUT2D eigenvalue weighted by Crippen LogP contribution is -2.30. The molecule has 0 aliphatic rings. The van der Waals surface area contributed by atoms with Crippen LogP contribution in [0.5, 0.6) is 0 Å². The molecule has 0 saturated carbocycles. The number of benzene rings is 2. The second-order valence-electron chi connectivity index (χ2n) is 5.75. The van der Waals surface area contributed by atoms with Gasteiger partial charge in [0, 0.05) is 12.2 Å². The molecule has 3 rings (SSSR count). The highest BCUT2D eigenvalue weighted by Crippen LogP contribution is 2.14. The van der Waals surface area contributed by atoms with Crippen LogP contribution in [0.15, 0.2) is 48.5 Å². The lowest BCUT2D eigenvalue weighted by molar-refractivity contribution is 0.252. The number of amides is 2. The molecule has 0 saturated heterocycles. The highest BCUT2D eigenvalue weighted by molar-refractivity contribution is 5.89. The molecule has 25 heavy (non-hydrogen) atoms. The van der Waals surface area contributed by atoms with Crippen LogP contribution in [0.4, 0.5) is 10.5 Å². The first-order valence-electron chi connectivity index (χ1n) is 8.08. The first-order valence-corrected chi connectivity index (χ1v) is 8.08. The molecule has 2 N–H and O–H groups in total. The molecule has 7 heteroatoms. The molecule has 1 heterocycles. The van der Waals surface area contributed by atoms with Gasteiger partial charge in [0.15, 0.2) is 5.82 Å². The second kappa shape index (κ2) is 7.57. The molecule has 0 bridgehead atoms. The fraction of sp³-hybridized carbons (Fsp3) is 0.222. The van der Waals surface area contributed by atoms with Gasteiger partial charge in [-0.15, -0.1) is 5.10 Å². The predicted molar refractivity (Wildman–Crippen MR) is 95.8 cm³/mol. The van der Waals surface area contributed by atoms with Gasteiger partial charge in [-0.25, -0.2) is 4.79 Å². The van der Waals surface area contributed by atoms with E-state index in [2.05, 4.69) is 45.2 Å². The van der Waals surface area contributed by atoms with E-state index in [0.717, 1.165) is 12.1 Å². The Balaban J connectivity index is 1.56. The molecule has 0 unspecified atom stereocenters. The summed E-state index contributed by atoms with van der Waals surface area (Å²) in [5.41, 5.74) is 3.94. The number of carbonyl (C=O) groups excluding carboxylic acids is 1. The Hall–Kier alpha value is -3.22. The standard InChI is InChI=1S/C18H20N6O/c1-13-6-3-4-7-15(13)10-11-19-18(25)20-16-8-5-9-17(12-16)24-14(2)21-22-23-24/h3-9,12H,10-11H2,1-2H3,(H2,19,20,25). The van der Waals surface area contributed by atoms with E-state index in [-0.39, 0.29) is 6.03 Å². The number of anilines is 1. The minimum atomic E-state index is -0.237. The number of nitrogens with zero attached hydrogens (tertiary/aromatic N) is 4. The average molecular weight is 336 g/mol. The highest BCUT2D eigenvalue weighted by Gasteiger charge is 2.06. The maximum Gasteiger partial charge on any atom is 0.319 e. The quantitative estimate of drug-likeness (QED) is 0.750. The summed E-state index contributed by atoms with van der Waals surface area (Å²) in [7, 11) is 0. The molecule has 0 radical (unpaired) electrons. The summed E-state index contributed by atoms with van der Waals surface area (Å²) < 4.78 is 1.61. The van der Waals surface area contributed by atoms with Gasteiger partial charge in [-0.2, -0.15) is 4.68 Å². The average Bonchev–Trinajstić information content (AvgIpc) is 3.03. The zero-order valence-electron chi connectivity index (χ0n) is 14.2. The molecule has 0 aliphatic carbocycles. The van der Waals surface area contributed by atoms with E-state index < -0.39 is 0 Å². The Morgan fingerprint density at radius 1 is 1.12 bits per heavy atom. The molecule has 7 nitrogen and oxygen atoms in total. The molecule has 0 aliphatic heterocycles. The lowest BCUT2D eigenvalue weighted by Gasteiger charge is -2.10. The zero-order valence-corrected chi connectivity index (χ0v) is 14.2. The SMILES string of the molecule is Cc1ccccc1CCNC(=O)Nc1cccc(-n2nnnc2C)c1. The monoisotopic (exact) mass is 336 g/mol. The third-order valence-corrected chi connectivity index (χ3v) is 3.92. The number of hydrogen-bond acceptors (Lipinski definition) is 4. The molecule has 3 aromatic rings. The van der Waals surface area contributed by atoms with Gasteiger partial charge in [-0.1, -0.05) is 30.3 Å². The van der Waals surface area contributed by atoms with Gasteiger partial charge in [0.05, 0.1) is 5.69 Å². The molecule has 2 aromatic carbocycles. The van der Waals surface area contributed by atoms with Gasteiger partial charge in [-0.3, -0.25) is 0 Å². The summed E-state index contributed by atoms with van der Waals surface area (Å²) in [6, 6.07) is 15.3. The van der Waals surface area contributed by atoms with Crippen LogP contribution in [0, 0.1) is 13.8 Å². The minimum Gasteiger partial charge on any atom is -0.338 e. The van der Waals surface area contributed by atoms with Crippen molar-refractivity contribution in [1.29, 1.82) is 0 Å². The number of aryl methyl sites for hydroxylation is 2. The predicted octanol–water partition coefficient (Wildman–Crippen LogP) is 2.64. The molecule has 2 amide bonds. The number of aromatic nitrogens is 4. The number of rotatable bonds is 5. The Morgan fingerprint density at radius 2 is 1.96 bits per heavy atom. The summed E-state index contributed by atoms with van der Waals surface area (Å²) in [4.78, 5) is 12.1. The molecule has 0 atom stereocenters. The largest absolute Gasteiger partial charge is 0.338 e. The van der Waals surface area contributed by atoms with Crippen LogP contribution in [0.2, 0.25) is 0 Å². The van der Waals surface area contributed by atoms with Crippen molar-refractivity contribution >= 4 is 11.7 Å². The third kappa shape index (κ3) is 4.20. The van der Waals surface area contributed by atoms with Crippen molar-refractivity contribution in [1.82, 2.24) is 25.5 Å². The Bertz CT molecular complexity index is 873. The number of carbonyl (C=O) groups is 1. The van der Waals surface area contributed by atoms with E-state index in [9.17, 15) is 4.79 Å². The molecular weight excluding hydrogens is 316 g/mol. The smallest absolute Gasteiger partial charge is 0.319 e. The first-order chi connectivity index (χ1) is 12.1. The highest BCUT2D eigenvalue weighted by atomic mass is 16.2. The number of urea groups is 1. The van der Waals surface area contributed by atoms with Gasteiger partial charge in [0.25, 0.3) is 0 Å². The summed E-state index contributed by atoms with van der Waals surface area (Å²) in [5, 5.41) is 17.1. The second-order valence-corrected chi connectivity index (χ2v) is 5.75. The van der Waals surface area contributed by atoms with Crippen molar-refractivity contribution in [2.45, 2.75) is 20.3 Å². The van der Waals surface area contributed by atoms with Crippen molar-refractivity contribution in [3.05, 3.63) is 65.5 Å². The normalized spacial score (nSPS) is 10.5. The summed E-state index contributed by atoms with van der Waals surface area (Å²) in [6.45, 7) is 4.46. The molecule has 0 spiro atoms. The van der Waals surface area contributed by atoms with E-state index in [0.29, 0.717) is 18.1 Å². The van der Waals surface area contributed by atoms with Gasteiger partial charge >= 0.3 is 6.03 Å². The number of hydrogen-bond donors (Lipinski definition) is 2. The molecule has 0 fully saturated rings. The van der Waals surface area contributed by atoms with E-state index in [1.54, 1.807) is 4.68 Å². The summed E-state index contributed by atoms with van der Waals surface area (Å²) >= 11 is 0. The fourth-order valence-electron chi connectivity index (χ4n) is 2.56. The molecular formula is C18H20N6O. The Kier molecular flexibility index (Phi) is 5.03. The lowest BCUT2D eigenvalue weighted by atomic mass is 10.1. The van der Waals surface area contributed by atoms with Crippen molar-refractivity contribution in [3.8, 4) is 5.69 Å². The van der Waals surface area contributed by atoms with E-state index >= 15 is 0 Å². The van der Waals surface area contributed by atoms with Crippen LogP contribution in [-0.4, -0.2) is 32.8 Å². The number of tetrazole rings is 1. The maximum absolute atomic E-state index is 12.1. The van der Waals surface area contributed by atoms with Crippen LogP contribution in [0.25, 0.3) is 5.69 Å². The zero-order chi connectivity index (χ0) is 17.6. The van der Waals surface area contributed by atoms with Crippen molar-refractivity contribution in [2.24, 2.45) is 0 Å². The Labute approximate surface area is 146 Å². The van der Waals surface area contributed by atoms with Crippen molar-refractivity contribution < 1.29 is 4.79 Å². The van der Waals surface area contributed by atoms with Crippen molar-refractivity contribution in [2.75, 3.05) is 11.9 Å². The van der Waals surface area contributed by atoms with Gasteiger partial charge < -0.3 is 10.6 Å². The number of nitrogens with one attached hydrogen (secondary N) is 2. The molecule has 128 valence electrons. The topological polar surface area (TPSA) is 84.7 Å². The van der Waals surface area contributed by atoms with Gasteiger partial charge in [0.2, 0.25) is 0 Å². The minimum absolute atomic E-state index is 0.237. The van der Waals surface area contributed by atoms with Crippen LogP contribution >= 0.6 is 0 Å². The van der Waals surface area contributed by atoms with Gasteiger partial charge in [0.1, 0.15) is 0 Å². The van der Waals surface area contributed by atoms with Crippen LogP contribution in [-0.2, 0) is 6.42 Å². The van der Waals surface area contributed by atoms with E-state index in [1.165, 1.54) is 11.1 Å². The van der Waals surface area contributed by atoms with E-state index in [1.807, 2.05) is 43.3 Å². The van der Waals surface area contributed by atoms with Crippen LogP contribution in [0.1, 0.15) is 17.0 Å². The first kappa shape index (κ1) is 16.6. The third-order valence-electron chi connectivity index (χ3n) is 3.92. The summed E-state index contributed by atoms with van der Waals surface area (Å²) in [6.07, 6.45) is 0.796. The van der Waals surface area contributed by atoms with Crippen LogP contribution in [0.3, 0.4) is 0 Å².